The molecule has 1 atom stereocenters. The Labute approximate surface area is 117 Å². The van der Waals surface area contributed by atoms with Gasteiger partial charge < -0.3 is 9.84 Å². The number of nitrogens with one attached hydrogen (secondary N) is 1. The van der Waals surface area contributed by atoms with Crippen molar-refractivity contribution in [3.63, 3.8) is 0 Å². The first-order chi connectivity index (χ1) is 9.72. The number of hydrogen-bond acceptors (Lipinski definition) is 4. The molecule has 1 aliphatic rings. The molecule has 1 saturated heterocycles. The Morgan fingerprint density at radius 1 is 1.45 bits per heavy atom. The van der Waals surface area contributed by atoms with Crippen molar-refractivity contribution >= 4 is 0 Å². The van der Waals surface area contributed by atoms with Crippen LogP contribution in [0.5, 0.6) is 0 Å². The van der Waals surface area contributed by atoms with Crippen LogP contribution in [0.1, 0.15) is 37.0 Å². The molecule has 1 aromatic heterocycles. The van der Waals surface area contributed by atoms with Crippen LogP contribution >= 0.6 is 0 Å². The number of rotatable bonds is 4. The van der Waals surface area contributed by atoms with Crippen molar-refractivity contribution in [1.29, 1.82) is 0 Å². The molecule has 2 aromatic rings. The van der Waals surface area contributed by atoms with Gasteiger partial charge in [-0.3, -0.25) is 0 Å². The molecule has 0 bridgehead atoms. The summed E-state index contributed by atoms with van der Waals surface area (Å²) in [6.45, 7) is 4.00. The lowest BCUT2D eigenvalue weighted by Gasteiger charge is -2.20. The average molecular weight is 275 g/mol. The highest BCUT2D eigenvalue weighted by atomic mass is 19.1. The van der Waals surface area contributed by atoms with E-state index >= 15 is 0 Å². The van der Waals surface area contributed by atoms with Crippen LogP contribution in [0.3, 0.4) is 0 Å². The third kappa shape index (κ3) is 2.45. The summed E-state index contributed by atoms with van der Waals surface area (Å²) in [6.07, 6.45) is 2.49. The predicted molar refractivity (Wildman–Crippen MR) is 73.0 cm³/mol. The third-order valence-corrected chi connectivity index (χ3v) is 4.09. The first kappa shape index (κ1) is 13.2. The number of aromatic nitrogens is 2. The topological polar surface area (TPSA) is 51.0 Å². The fraction of sp³-hybridized carbons (Fsp3) is 0.467. The highest BCUT2D eigenvalue weighted by Gasteiger charge is 2.39. The van der Waals surface area contributed by atoms with Crippen molar-refractivity contribution in [2.45, 2.75) is 31.6 Å². The van der Waals surface area contributed by atoms with Crippen molar-refractivity contribution < 1.29 is 8.91 Å². The molecule has 20 heavy (non-hydrogen) atoms. The molecule has 0 radical (unpaired) electrons. The predicted octanol–water partition coefficient (Wildman–Crippen LogP) is 2.44. The minimum absolute atomic E-state index is 0.0345. The maximum Gasteiger partial charge on any atom is 0.234 e. The highest BCUT2D eigenvalue weighted by Crippen LogP contribution is 2.32. The summed E-state index contributed by atoms with van der Waals surface area (Å²) in [5.74, 6) is 1.08. The van der Waals surface area contributed by atoms with Crippen molar-refractivity contribution in [2.75, 3.05) is 13.1 Å². The van der Waals surface area contributed by atoms with E-state index in [1.165, 1.54) is 12.1 Å². The minimum Gasteiger partial charge on any atom is -0.339 e. The Morgan fingerprint density at radius 2 is 2.35 bits per heavy atom. The summed E-state index contributed by atoms with van der Waals surface area (Å²) in [4.78, 5) is 4.52. The van der Waals surface area contributed by atoms with Crippen LogP contribution in [0.2, 0.25) is 0 Å². The maximum absolute atomic E-state index is 13.2. The van der Waals surface area contributed by atoms with Crippen LogP contribution in [-0.4, -0.2) is 23.2 Å². The molecule has 1 unspecified atom stereocenters. The second-order valence-corrected chi connectivity index (χ2v) is 5.38. The molecule has 1 N–H and O–H groups in total. The summed E-state index contributed by atoms with van der Waals surface area (Å²) in [6, 6.07) is 6.50. The van der Waals surface area contributed by atoms with Crippen molar-refractivity contribution in [2.24, 2.45) is 0 Å². The maximum atomic E-state index is 13.2. The zero-order valence-electron chi connectivity index (χ0n) is 11.5. The molecule has 106 valence electrons. The Kier molecular flexibility index (Phi) is 3.53. The summed E-state index contributed by atoms with van der Waals surface area (Å²) in [7, 11) is 0. The molecule has 0 saturated carbocycles. The molecular formula is C15H18FN3O. The number of benzene rings is 1. The molecule has 1 fully saturated rings. The zero-order valence-corrected chi connectivity index (χ0v) is 11.5. The molecule has 2 heterocycles. The van der Waals surface area contributed by atoms with Gasteiger partial charge in [-0.1, -0.05) is 24.2 Å². The molecule has 1 aromatic carbocycles. The van der Waals surface area contributed by atoms with E-state index in [0.29, 0.717) is 18.1 Å². The number of hydrogen-bond donors (Lipinski definition) is 1. The second-order valence-electron chi connectivity index (χ2n) is 5.38. The van der Waals surface area contributed by atoms with Gasteiger partial charge in [0.05, 0.1) is 5.41 Å². The van der Waals surface area contributed by atoms with Gasteiger partial charge in [0.1, 0.15) is 5.82 Å². The molecule has 1 aliphatic heterocycles. The van der Waals surface area contributed by atoms with E-state index in [1.807, 2.05) is 6.07 Å². The van der Waals surface area contributed by atoms with Gasteiger partial charge in [0.2, 0.25) is 5.89 Å². The van der Waals surface area contributed by atoms with Gasteiger partial charge in [-0.25, -0.2) is 4.39 Å². The van der Waals surface area contributed by atoms with Crippen LogP contribution in [0.4, 0.5) is 4.39 Å². The normalized spacial score (nSPS) is 22.3. The van der Waals surface area contributed by atoms with E-state index in [9.17, 15) is 4.39 Å². The van der Waals surface area contributed by atoms with Gasteiger partial charge in [0.15, 0.2) is 5.82 Å². The average Bonchev–Trinajstić information content (AvgIpc) is 3.08. The minimum atomic E-state index is -0.240. The highest BCUT2D eigenvalue weighted by molar-refractivity contribution is 5.20. The van der Waals surface area contributed by atoms with Crippen LogP contribution in [0.25, 0.3) is 0 Å². The van der Waals surface area contributed by atoms with E-state index in [4.69, 9.17) is 4.52 Å². The van der Waals surface area contributed by atoms with Crippen molar-refractivity contribution in [1.82, 2.24) is 15.5 Å². The number of halogens is 1. The standard InChI is InChI=1S/C15H18FN3O/c1-2-15(6-7-17-10-15)14-18-13(19-20-14)9-11-4-3-5-12(16)8-11/h3-5,8,17H,2,6-7,9-10H2,1H3. The van der Waals surface area contributed by atoms with Gasteiger partial charge in [-0.2, -0.15) is 4.98 Å². The van der Waals surface area contributed by atoms with Gasteiger partial charge in [-0.05, 0) is 37.1 Å². The van der Waals surface area contributed by atoms with E-state index in [0.717, 1.165) is 31.5 Å². The quantitative estimate of drug-likeness (QED) is 0.931. The third-order valence-electron chi connectivity index (χ3n) is 4.09. The molecule has 3 rings (SSSR count). The van der Waals surface area contributed by atoms with Gasteiger partial charge in [0.25, 0.3) is 0 Å². The molecule has 5 heteroatoms. The summed E-state index contributed by atoms with van der Waals surface area (Å²) in [5, 5.41) is 7.39. The van der Waals surface area contributed by atoms with Gasteiger partial charge in [-0.15, -0.1) is 0 Å². The first-order valence-electron chi connectivity index (χ1n) is 7.00. The van der Waals surface area contributed by atoms with Crippen LogP contribution in [0.15, 0.2) is 28.8 Å². The Morgan fingerprint density at radius 3 is 3.05 bits per heavy atom. The lowest BCUT2D eigenvalue weighted by molar-refractivity contribution is 0.283. The largest absolute Gasteiger partial charge is 0.339 e. The molecular weight excluding hydrogens is 257 g/mol. The van der Waals surface area contributed by atoms with Crippen molar-refractivity contribution in [3.05, 3.63) is 47.4 Å². The molecule has 4 nitrogen and oxygen atoms in total. The van der Waals surface area contributed by atoms with Gasteiger partial charge in [0, 0.05) is 13.0 Å². The van der Waals surface area contributed by atoms with E-state index in [2.05, 4.69) is 22.4 Å². The Bertz CT molecular complexity index is 590. The fourth-order valence-corrected chi connectivity index (χ4v) is 2.75. The van der Waals surface area contributed by atoms with Crippen LogP contribution < -0.4 is 5.32 Å². The van der Waals surface area contributed by atoms with Crippen LogP contribution in [0, 0.1) is 5.82 Å². The Hall–Kier alpha value is -1.75. The Balaban J connectivity index is 1.80. The second kappa shape index (κ2) is 5.32. The van der Waals surface area contributed by atoms with Gasteiger partial charge >= 0.3 is 0 Å². The van der Waals surface area contributed by atoms with E-state index in [1.54, 1.807) is 6.07 Å². The summed E-state index contributed by atoms with van der Waals surface area (Å²) in [5.41, 5.74) is 0.820. The molecule has 0 amide bonds. The zero-order chi connectivity index (χ0) is 14.0. The smallest absolute Gasteiger partial charge is 0.234 e. The molecule has 0 spiro atoms. The molecule has 0 aliphatic carbocycles. The SMILES string of the molecule is CCC1(c2nc(Cc3cccc(F)c3)no2)CCNC1. The van der Waals surface area contributed by atoms with E-state index < -0.39 is 0 Å². The lowest BCUT2D eigenvalue weighted by atomic mass is 9.84. The first-order valence-corrected chi connectivity index (χ1v) is 7.00. The van der Waals surface area contributed by atoms with Crippen LogP contribution in [-0.2, 0) is 11.8 Å². The summed E-state index contributed by atoms with van der Waals surface area (Å²) >= 11 is 0. The van der Waals surface area contributed by atoms with E-state index in [-0.39, 0.29) is 11.2 Å². The monoisotopic (exact) mass is 275 g/mol. The fourth-order valence-electron chi connectivity index (χ4n) is 2.75. The number of nitrogens with zero attached hydrogens (tertiary/aromatic N) is 2. The summed E-state index contributed by atoms with van der Waals surface area (Å²) < 4.78 is 18.6. The van der Waals surface area contributed by atoms with Crippen molar-refractivity contribution in [3.8, 4) is 0 Å². The lowest BCUT2D eigenvalue weighted by Crippen LogP contribution is -2.28.